The van der Waals surface area contributed by atoms with Gasteiger partial charge in [-0.1, -0.05) is 36.4 Å². The molecule has 0 amide bonds. The quantitative estimate of drug-likeness (QED) is 0.151. The van der Waals surface area contributed by atoms with Gasteiger partial charge in [-0.2, -0.15) is 5.11 Å². The molecule has 33 heavy (non-hydrogen) atoms. The Hall–Kier alpha value is -3.15. The number of anilines is 2. The molecule has 0 heterocycles. The van der Waals surface area contributed by atoms with E-state index in [0.717, 1.165) is 28.6 Å². The van der Waals surface area contributed by atoms with Crippen molar-refractivity contribution in [3.63, 3.8) is 0 Å². The molecular formula is C22H15N4NaO5S. The van der Waals surface area contributed by atoms with E-state index in [2.05, 4.69) is 15.5 Å². The second-order valence-corrected chi connectivity index (χ2v) is 8.11. The minimum absolute atomic E-state index is 0. The number of fused-ring (bicyclic) bond motifs is 1. The molecule has 4 rings (SSSR count). The molecule has 0 unspecified atom stereocenters. The molecule has 0 aromatic heterocycles. The number of benzene rings is 4. The molecular weight excluding hydrogens is 455 g/mol. The number of nitro groups is 1. The SMILES string of the molecule is O=[N+]([O-])c1ccc(Nc2ccc(N=Nc3cccc4ccccc34)cc2)c(S(=O)(=O)[O-])c1.[Na+]. The average molecular weight is 470 g/mol. The maximum absolute atomic E-state index is 11.5. The van der Waals surface area contributed by atoms with E-state index in [9.17, 15) is 23.1 Å². The first kappa shape index (κ1) is 24.5. The van der Waals surface area contributed by atoms with Crippen LogP contribution in [0.1, 0.15) is 0 Å². The summed E-state index contributed by atoms with van der Waals surface area (Å²) >= 11 is 0. The van der Waals surface area contributed by atoms with E-state index >= 15 is 0 Å². The van der Waals surface area contributed by atoms with Gasteiger partial charge in [-0.05, 0) is 41.8 Å². The van der Waals surface area contributed by atoms with E-state index < -0.39 is 25.6 Å². The molecule has 0 aliphatic heterocycles. The van der Waals surface area contributed by atoms with Crippen LogP contribution in [0.3, 0.4) is 0 Å². The summed E-state index contributed by atoms with van der Waals surface area (Å²) in [6.45, 7) is 0. The number of non-ortho nitro benzene ring substituents is 1. The van der Waals surface area contributed by atoms with Crippen molar-refractivity contribution in [2.45, 2.75) is 4.90 Å². The second kappa shape index (κ2) is 10.2. The Kier molecular flexibility index (Phi) is 7.57. The number of rotatable bonds is 6. The monoisotopic (exact) mass is 470 g/mol. The van der Waals surface area contributed by atoms with E-state index in [1.54, 1.807) is 24.3 Å². The van der Waals surface area contributed by atoms with Crippen LogP contribution in [0, 0.1) is 10.1 Å². The van der Waals surface area contributed by atoms with E-state index in [0.29, 0.717) is 11.4 Å². The van der Waals surface area contributed by atoms with Gasteiger partial charge >= 0.3 is 29.6 Å². The van der Waals surface area contributed by atoms with Crippen LogP contribution < -0.4 is 34.9 Å². The predicted octanol–water partition coefficient (Wildman–Crippen LogP) is 2.82. The van der Waals surface area contributed by atoms with E-state index in [1.165, 1.54) is 6.07 Å². The zero-order chi connectivity index (χ0) is 22.7. The number of azo groups is 1. The van der Waals surface area contributed by atoms with Crippen molar-refractivity contribution < 1.29 is 47.5 Å². The van der Waals surface area contributed by atoms with Gasteiger partial charge in [0.2, 0.25) is 0 Å². The van der Waals surface area contributed by atoms with Crippen molar-refractivity contribution in [1.82, 2.24) is 0 Å². The maximum Gasteiger partial charge on any atom is 1.00 e. The van der Waals surface area contributed by atoms with Gasteiger partial charge in [0, 0.05) is 23.2 Å². The molecule has 0 saturated heterocycles. The maximum atomic E-state index is 11.5. The van der Waals surface area contributed by atoms with Gasteiger partial charge in [0.1, 0.15) is 10.1 Å². The van der Waals surface area contributed by atoms with Gasteiger partial charge in [0.05, 0.1) is 26.9 Å². The summed E-state index contributed by atoms with van der Waals surface area (Å²) in [6, 6.07) is 23.2. The summed E-state index contributed by atoms with van der Waals surface area (Å²) in [5, 5.41) is 24.3. The minimum atomic E-state index is -4.93. The summed E-state index contributed by atoms with van der Waals surface area (Å²) < 4.78 is 34.6. The fraction of sp³-hybridized carbons (Fsp3) is 0. The number of nitrogens with zero attached hydrogens (tertiary/aromatic N) is 3. The van der Waals surface area contributed by atoms with E-state index in [-0.39, 0.29) is 35.2 Å². The molecule has 4 aromatic carbocycles. The van der Waals surface area contributed by atoms with E-state index in [4.69, 9.17) is 0 Å². The van der Waals surface area contributed by atoms with Crippen LogP contribution in [0.4, 0.5) is 28.4 Å². The minimum Gasteiger partial charge on any atom is -0.744 e. The van der Waals surface area contributed by atoms with Crippen molar-refractivity contribution in [3.05, 3.63) is 95.0 Å². The number of nitro benzene ring substituents is 1. The molecule has 160 valence electrons. The molecule has 0 spiro atoms. The Labute approximate surface area is 211 Å². The van der Waals surface area contributed by atoms with Gasteiger partial charge in [0.15, 0.2) is 0 Å². The van der Waals surface area contributed by atoms with Crippen LogP contribution in [-0.4, -0.2) is 17.9 Å². The van der Waals surface area contributed by atoms with Gasteiger partial charge in [-0.25, -0.2) is 8.42 Å². The predicted molar refractivity (Wildman–Crippen MR) is 119 cm³/mol. The first-order chi connectivity index (χ1) is 15.3. The molecule has 11 heteroatoms. The molecule has 0 atom stereocenters. The molecule has 9 nitrogen and oxygen atoms in total. The van der Waals surface area contributed by atoms with Crippen molar-refractivity contribution in [2.75, 3.05) is 5.32 Å². The Morgan fingerprint density at radius 2 is 1.55 bits per heavy atom. The molecule has 4 aromatic rings. The number of hydrogen-bond donors (Lipinski definition) is 1. The van der Waals surface area contributed by atoms with Crippen LogP contribution in [0.25, 0.3) is 10.8 Å². The molecule has 0 aliphatic carbocycles. The molecule has 0 aliphatic rings. The summed E-state index contributed by atoms with van der Waals surface area (Å²) in [5.74, 6) is 0. The third-order valence-electron chi connectivity index (χ3n) is 4.63. The zero-order valence-corrected chi connectivity index (χ0v) is 20.2. The van der Waals surface area contributed by atoms with Crippen molar-refractivity contribution >= 4 is 49.3 Å². The topological polar surface area (TPSA) is 137 Å². The zero-order valence-electron chi connectivity index (χ0n) is 17.4. The van der Waals surface area contributed by atoms with Crippen LogP contribution in [0.2, 0.25) is 0 Å². The first-order valence-corrected chi connectivity index (χ1v) is 10.7. The van der Waals surface area contributed by atoms with Crippen molar-refractivity contribution in [3.8, 4) is 0 Å². The first-order valence-electron chi connectivity index (χ1n) is 9.32. The van der Waals surface area contributed by atoms with Gasteiger partial charge in [0.25, 0.3) is 5.69 Å². The van der Waals surface area contributed by atoms with Gasteiger partial charge < -0.3 is 9.87 Å². The van der Waals surface area contributed by atoms with Crippen molar-refractivity contribution in [1.29, 1.82) is 0 Å². The van der Waals surface area contributed by atoms with Crippen LogP contribution >= 0.6 is 0 Å². The summed E-state index contributed by atoms with van der Waals surface area (Å²) in [4.78, 5) is 9.42. The molecule has 0 radical (unpaired) electrons. The fourth-order valence-corrected chi connectivity index (χ4v) is 3.76. The van der Waals surface area contributed by atoms with E-state index in [1.807, 2.05) is 42.5 Å². The van der Waals surface area contributed by atoms with Crippen LogP contribution in [-0.2, 0) is 10.1 Å². The smallest absolute Gasteiger partial charge is 0.744 e. The normalized spacial score (nSPS) is 11.3. The third kappa shape index (κ3) is 5.81. The fourth-order valence-electron chi connectivity index (χ4n) is 3.11. The molecule has 0 bridgehead atoms. The van der Waals surface area contributed by atoms with Crippen LogP contribution in [0.15, 0.2) is 100 Å². The van der Waals surface area contributed by atoms with Crippen molar-refractivity contribution in [2.24, 2.45) is 10.2 Å². The molecule has 1 N–H and O–H groups in total. The Bertz CT molecular complexity index is 1450. The van der Waals surface area contributed by atoms with Gasteiger partial charge in [-0.3, -0.25) is 10.1 Å². The summed E-state index contributed by atoms with van der Waals surface area (Å²) in [6.07, 6.45) is 0. The largest absolute Gasteiger partial charge is 1.00 e. The standard InChI is InChI=1S/C22H16N4O5S.Na/c27-26(28)18-12-13-21(22(14-18)32(29,30)31)23-16-8-10-17(11-9-16)24-25-20-7-3-5-15-4-1-2-6-19(15)20;/h1-14,23H,(H,29,30,31);/q;+1/p-1. The van der Waals surface area contributed by atoms with Gasteiger partial charge in [-0.15, -0.1) is 5.11 Å². The summed E-state index contributed by atoms with van der Waals surface area (Å²) in [7, 11) is -4.93. The third-order valence-corrected chi connectivity index (χ3v) is 5.51. The second-order valence-electron chi connectivity index (χ2n) is 6.76. The Balaban J connectivity index is 0.00000306. The molecule has 0 saturated carbocycles. The summed E-state index contributed by atoms with van der Waals surface area (Å²) in [5.41, 5.74) is 1.20. The Morgan fingerprint density at radius 1 is 0.848 bits per heavy atom. The average Bonchev–Trinajstić information content (AvgIpc) is 2.78. The van der Waals surface area contributed by atoms with Crippen LogP contribution in [0.5, 0.6) is 0 Å². The number of hydrogen-bond acceptors (Lipinski definition) is 8. The Morgan fingerprint density at radius 3 is 2.24 bits per heavy atom. The number of nitrogens with one attached hydrogen (secondary N) is 1. The molecule has 0 fully saturated rings.